The molecule has 90 valence electrons. The van der Waals surface area contributed by atoms with Crippen LogP contribution >= 0.6 is 0 Å². The van der Waals surface area contributed by atoms with Gasteiger partial charge >= 0.3 is 0 Å². The predicted octanol–water partition coefficient (Wildman–Crippen LogP) is 1.99. The van der Waals surface area contributed by atoms with E-state index in [0.717, 1.165) is 31.8 Å². The van der Waals surface area contributed by atoms with Crippen molar-refractivity contribution in [2.75, 3.05) is 20.3 Å². The van der Waals surface area contributed by atoms with Gasteiger partial charge in [0.05, 0.1) is 7.11 Å². The van der Waals surface area contributed by atoms with Gasteiger partial charge in [0.2, 0.25) is 0 Å². The Morgan fingerprint density at radius 2 is 2.19 bits per heavy atom. The molecule has 0 radical (unpaired) electrons. The molecule has 0 aliphatic carbocycles. The Morgan fingerprint density at radius 1 is 1.38 bits per heavy atom. The van der Waals surface area contributed by atoms with Gasteiger partial charge in [-0.15, -0.1) is 0 Å². The first-order valence-electron chi connectivity index (χ1n) is 5.72. The molecule has 0 fully saturated rings. The minimum atomic E-state index is 0.152. The molecule has 0 spiro atoms. The van der Waals surface area contributed by atoms with Crippen LogP contribution in [0.3, 0.4) is 0 Å². The Hall–Kier alpha value is -1.06. The van der Waals surface area contributed by atoms with E-state index < -0.39 is 0 Å². The molecule has 0 saturated heterocycles. The molecule has 1 unspecified atom stereocenters. The number of rotatable bonds is 7. The highest BCUT2D eigenvalue weighted by molar-refractivity contribution is 5.28. The summed E-state index contributed by atoms with van der Waals surface area (Å²) in [4.78, 5) is 0. The fourth-order valence-electron chi connectivity index (χ4n) is 1.58. The lowest BCUT2D eigenvalue weighted by atomic mass is 10.0. The van der Waals surface area contributed by atoms with Crippen molar-refractivity contribution in [3.8, 4) is 5.75 Å². The lowest BCUT2D eigenvalue weighted by molar-refractivity contribution is 0.140. The zero-order valence-corrected chi connectivity index (χ0v) is 10.1. The van der Waals surface area contributed by atoms with E-state index in [2.05, 4.69) is 6.07 Å². The Bertz CT molecular complexity index is 302. The first-order valence-corrected chi connectivity index (χ1v) is 5.72. The van der Waals surface area contributed by atoms with Crippen molar-refractivity contribution in [3.05, 3.63) is 29.8 Å². The van der Waals surface area contributed by atoms with E-state index in [1.807, 2.05) is 25.1 Å². The molecule has 1 aromatic carbocycles. The average Bonchev–Trinajstić information content (AvgIpc) is 2.29. The molecule has 1 atom stereocenters. The number of hydrogen-bond donors (Lipinski definition) is 1. The lowest BCUT2D eigenvalue weighted by Gasteiger charge is -2.12. The van der Waals surface area contributed by atoms with Crippen molar-refractivity contribution >= 4 is 0 Å². The number of methoxy groups -OCH3 is 1. The van der Waals surface area contributed by atoms with Gasteiger partial charge in [0, 0.05) is 19.3 Å². The summed E-state index contributed by atoms with van der Waals surface area (Å²) in [6.45, 7) is 3.49. The number of ether oxygens (including phenoxy) is 2. The third-order valence-corrected chi connectivity index (χ3v) is 2.47. The zero-order chi connectivity index (χ0) is 11.8. The normalized spacial score (nSPS) is 12.4. The monoisotopic (exact) mass is 223 g/mol. The fraction of sp³-hybridized carbons (Fsp3) is 0.538. The van der Waals surface area contributed by atoms with Gasteiger partial charge in [0.15, 0.2) is 0 Å². The second-order valence-electron chi connectivity index (χ2n) is 3.80. The fourth-order valence-corrected chi connectivity index (χ4v) is 1.58. The molecule has 0 amide bonds. The summed E-state index contributed by atoms with van der Waals surface area (Å²) in [5.74, 6) is 0.884. The summed E-state index contributed by atoms with van der Waals surface area (Å²) >= 11 is 0. The van der Waals surface area contributed by atoms with Crippen molar-refractivity contribution in [1.29, 1.82) is 0 Å². The summed E-state index contributed by atoms with van der Waals surface area (Å²) in [6, 6.07) is 8.18. The van der Waals surface area contributed by atoms with Crippen LogP contribution in [0.25, 0.3) is 0 Å². The van der Waals surface area contributed by atoms with E-state index in [1.54, 1.807) is 7.11 Å². The molecule has 3 heteroatoms. The van der Waals surface area contributed by atoms with Gasteiger partial charge in [0.1, 0.15) is 5.75 Å². The van der Waals surface area contributed by atoms with Gasteiger partial charge < -0.3 is 15.2 Å². The van der Waals surface area contributed by atoms with E-state index in [9.17, 15) is 0 Å². The SMILES string of the molecule is CCOCCC(N)Cc1cccc(OC)c1. The molecule has 1 aromatic rings. The maximum absolute atomic E-state index is 6.02. The van der Waals surface area contributed by atoms with Crippen molar-refractivity contribution < 1.29 is 9.47 Å². The molecule has 0 heterocycles. The predicted molar refractivity (Wildman–Crippen MR) is 65.8 cm³/mol. The third-order valence-electron chi connectivity index (χ3n) is 2.47. The van der Waals surface area contributed by atoms with Crippen molar-refractivity contribution in [3.63, 3.8) is 0 Å². The molecular formula is C13H21NO2. The second kappa shape index (κ2) is 7.25. The smallest absolute Gasteiger partial charge is 0.119 e. The van der Waals surface area contributed by atoms with Crippen molar-refractivity contribution in [2.24, 2.45) is 5.73 Å². The van der Waals surface area contributed by atoms with Gasteiger partial charge in [0.25, 0.3) is 0 Å². The van der Waals surface area contributed by atoms with Crippen LogP contribution in [-0.2, 0) is 11.2 Å². The zero-order valence-electron chi connectivity index (χ0n) is 10.1. The van der Waals surface area contributed by atoms with Crippen LogP contribution in [0.5, 0.6) is 5.75 Å². The Labute approximate surface area is 97.6 Å². The molecule has 0 aromatic heterocycles. The van der Waals surface area contributed by atoms with E-state index in [1.165, 1.54) is 5.56 Å². The maximum atomic E-state index is 6.02. The van der Waals surface area contributed by atoms with Gasteiger partial charge in [-0.05, 0) is 37.5 Å². The van der Waals surface area contributed by atoms with Crippen LogP contribution in [0.2, 0.25) is 0 Å². The summed E-state index contributed by atoms with van der Waals surface area (Å²) < 4.78 is 10.5. The average molecular weight is 223 g/mol. The van der Waals surface area contributed by atoms with E-state index in [4.69, 9.17) is 15.2 Å². The van der Waals surface area contributed by atoms with E-state index in [-0.39, 0.29) is 6.04 Å². The number of benzene rings is 1. The van der Waals surface area contributed by atoms with Crippen LogP contribution < -0.4 is 10.5 Å². The Kier molecular flexibility index (Phi) is 5.90. The van der Waals surface area contributed by atoms with Crippen molar-refractivity contribution in [1.82, 2.24) is 0 Å². The maximum Gasteiger partial charge on any atom is 0.119 e. The first kappa shape index (κ1) is 13.0. The number of nitrogens with two attached hydrogens (primary N) is 1. The van der Waals surface area contributed by atoms with Gasteiger partial charge in [-0.1, -0.05) is 12.1 Å². The highest BCUT2D eigenvalue weighted by Gasteiger charge is 2.04. The molecular weight excluding hydrogens is 202 g/mol. The van der Waals surface area contributed by atoms with Gasteiger partial charge in [-0.25, -0.2) is 0 Å². The highest BCUT2D eigenvalue weighted by atomic mass is 16.5. The van der Waals surface area contributed by atoms with E-state index >= 15 is 0 Å². The third kappa shape index (κ3) is 4.64. The summed E-state index contributed by atoms with van der Waals surface area (Å²) in [5, 5.41) is 0. The minimum Gasteiger partial charge on any atom is -0.497 e. The van der Waals surface area contributed by atoms with Gasteiger partial charge in [-0.3, -0.25) is 0 Å². The Balaban J connectivity index is 2.39. The summed E-state index contributed by atoms with van der Waals surface area (Å²) in [5.41, 5.74) is 7.23. The molecule has 1 rings (SSSR count). The molecule has 2 N–H and O–H groups in total. The lowest BCUT2D eigenvalue weighted by Crippen LogP contribution is -2.24. The molecule has 3 nitrogen and oxygen atoms in total. The minimum absolute atomic E-state index is 0.152. The van der Waals surface area contributed by atoms with Crippen LogP contribution in [0.15, 0.2) is 24.3 Å². The summed E-state index contributed by atoms with van der Waals surface area (Å²) in [7, 11) is 1.67. The van der Waals surface area contributed by atoms with Crippen molar-refractivity contribution in [2.45, 2.75) is 25.8 Å². The molecule has 0 aliphatic heterocycles. The highest BCUT2D eigenvalue weighted by Crippen LogP contribution is 2.14. The van der Waals surface area contributed by atoms with Crippen LogP contribution in [0.4, 0.5) is 0 Å². The number of hydrogen-bond acceptors (Lipinski definition) is 3. The van der Waals surface area contributed by atoms with Crippen LogP contribution in [0, 0.1) is 0 Å². The standard InChI is InChI=1S/C13H21NO2/c1-3-16-8-7-12(14)9-11-5-4-6-13(10-11)15-2/h4-6,10,12H,3,7-9,14H2,1-2H3. The molecule has 0 bridgehead atoms. The first-order chi connectivity index (χ1) is 7.76. The molecule has 0 aliphatic rings. The Morgan fingerprint density at radius 3 is 2.88 bits per heavy atom. The van der Waals surface area contributed by atoms with Crippen LogP contribution in [0.1, 0.15) is 18.9 Å². The summed E-state index contributed by atoms with van der Waals surface area (Å²) in [6.07, 6.45) is 1.76. The van der Waals surface area contributed by atoms with Gasteiger partial charge in [-0.2, -0.15) is 0 Å². The quantitative estimate of drug-likeness (QED) is 0.719. The molecule has 0 saturated carbocycles. The van der Waals surface area contributed by atoms with Crippen LogP contribution in [-0.4, -0.2) is 26.4 Å². The van der Waals surface area contributed by atoms with E-state index in [0.29, 0.717) is 0 Å². The topological polar surface area (TPSA) is 44.5 Å². The molecule has 16 heavy (non-hydrogen) atoms. The largest absolute Gasteiger partial charge is 0.497 e. The second-order valence-corrected chi connectivity index (χ2v) is 3.80.